The lowest BCUT2D eigenvalue weighted by Crippen LogP contribution is -2.46. The third-order valence-electron chi connectivity index (χ3n) is 3.81. The van der Waals surface area contributed by atoms with Gasteiger partial charge in [-0.05, 0) is 24.4 Å². The van der Waals surface area contributed by atoms with Gasteiger partial charge in [-0.25, -0.2) is 0 Å². The summed E-state index contributed by atoms with van der Waals surface area (Å²) in [6, 6.07) is 0.0687. The van der Waals surface area contributed by atoms with Gasteiger partial charge in [0.15, 0.2) is 5.82 Å². The van der Waals surface area contributed by atoms with Crippen LogP contribution in [0.25, 0.3) is 0 Å². The van der Waals surface area contributed by atoms with E-state index in [9.17, 15) is 9.59 Å². The van der Waals surface area contributed by atoms with E-state index < -0.39 is 5.91 Å². The number of amides is 2. The molecule has 2 amide bonds. The van der Waals surface area contributed by atoms with Crippen LogP contribution in [0.2, 0.25) is 0 Å². The fourth-order valence-corrected chi connectivity index (χ4v) is 3.83. The first kappa shape index (κ1) is 12.2. The molecule has 2 unspecified atom stereocenters. The van der Waals surface area contributed by atoms with E-state index in [4.69, 9.17) is 11.5 Å². The van der Waals surface area contributed by atoms with Crippen molar-refractivity contribution in [1.82, 2.24) is 9.69 Å². The van der Waals surface area contributed by atoms with Gasteiger partial charge in [0.1, 0.15) is 10.6 Å². The second-order valence-electron chi connectivity index (χ2n) is 4.87. The Balaban J connectivity index is 1.98. The van der Waals surface area contributed by atoms with E-state index in [2.05, 4.69) is 14.6 Å². The summed E-state index contributed by atoms with van der Waals surface area (Å²) in [5.74, 6) is -0.321. The zero-order valence-corrected chi connectivity index (χ0v) is 11.1. The molecule has 2 aliphatic heterocycles. The first-order chi connectivity index (χ1) is 9.09. The maximum atomic E-state index is 11.7. The zero-order valence-electron chi connectivity index (χ0n) is 10.3. The number of nitrogens with two attached hydrogens (primary N) is 2. The predicted octanol–water partition coefficient (Wildman–Crippen LogP) is -0.461. The van der Waals surface area contributed by atoms with E-state index in [1.54, 1.807) is 0 Å². The van der Waals surface area contributed by atoms with E-state index in [-0.39, 0.29) is 29.2 Å². The molecule has 3 heterocycles. The lowest BCUT2D eigenvalue weighted by atomic mass is 9.91. The van der Waals surface area contributed by atoms with Gasteiger partial charge in [-0.1, -0.05) is 0 Å². The molecular weight excluding hydrogens is 266 g/mol. The summed E-state index contributed by atoms with van der Waals surface area (Å²) < 4.78 is 4.02. The first-order valence-electron chi connectivity index (χ1n) is 6.19. The van der Waals surface area contributed by atoms with E-state index in [1.165, 1.54) is 11.5 Å². The molecule has 2 fully saturated rings. The van der Waals surface area contributed by atoms with E-state index >= 15 is 0 Å². The highest BCUT2D eigenvalue weighted by Crippen LogP contribution is 2.37. The van der Waals surface area contributed by atoms with Gasteiger partial charge in [-0.3, -0.25) is 9.59 Å². The van der Waals surface area contributed by atoms with Gasteiger partial charge in [0.05, 0.1) is 12.0 Å². The molecule has 2 atom stereocenters. The average Bonchev–Trinajstić information content (AvgIpc) is 2.93. The van der Waals surface area contributed by atoms with Crippen LogP contribution in [0.5, 0.6) is 0 Å². The molecular formula is C11H15N5O2S. The van der Waals surface area contributed by atoms with Crippen LogP contribution in [0.4, 0.5) is 10.8 Å². The molecule has 102 valence electrons. The predicted molar refractivity (Wildman–Crippen MR) is 71.9 cm³/mol. The Bertz CT molecular complexity index is 543. The molecule has 0 aliphatic carbocycles. The molecule has 2 aliphatic rings. The molecule has 3 rings (SSSR count). The summed E-state index contributed by atoms with van der Waals surface area (Å²) in [6.07, 6.45) is 1.79. The third kappa shape index (κ3) is 1.83. The minimum atomic E-state index is -0.569. The van der Waals surface area contributed by atoms with Crippen LogP contribution in [-0.4, -0.2) is 35.3 Å². The molecule has 0 aromatic carbocycles. The van der Waals surface area contributed by atoms with Crippen molar-refractivity contribution >= 4 is 34.2 Å². The second kappa shape index (κ2) is 4.37. The van der Waals surface area contributed by atoms with Gasteiger partial charge in [0.25, 0.3) is 5.91 Å². The first-order valence-corrected chi connectivity index (χ1v) is 6.96. The number of carbonyl (C=O) groups is 2. The molecule has 0 spiro atoms. The van der Waals surface area contributed by atoms with Gasteiger partial charge in [-0.15, -0.1) is 0 Å². The van der Waals surface area contributed by atoms with Crippen molar-refractivity contribution in [3.63, 3.8) is 0 Å². The maximum Gasteiger partial charge on any atom is 0.255 e. The lowest BCUT2D eigenvalue weighted by molar-refractivity contribution is -0.122. The van der Waals surface area contributed by atoms with Crippen molar-refractivity contribution in [3.8, 4) is 0 Å². The van der Waals surface area contributed by atoms with Gasteiger partial charge < -0.3 is 21.7 Å². The Kier molecular flexibility index (Phi) is 2.81. The molecule has 8 heteroatoms. The number of primary amides is 1. The maximum absolute atomic E-state index is 11.7. The third-order valence-corrected chi connectivity index (χ3v) is 4.71. The SMILES string of the molecule is NC(=O)c1c(N)nsc1N1CCCC2C(=O)NCC21. The second-order valence-corrected chi connectivity index (χ2v) is 5.62. The van der Waals surface area contributed by atoms with Crippen LogP contribution in [0.1, 0.15) is 23.2 Å². The summed E-state index contributed by atoms with van der Waals surface area (Å²) in [4.78, 5) is 25.3. The molecule has 0 bridgehead atoms. The smallest absolute Gasteiger partial charge is 0.255 e. The van der Waals surface area contributed by atoms with Crippen LogP contribution in [0.3, 0.4) is 0 Å². The minimum absolute atomic E-state index is 0.0159. The highest BCUT2D eigenvalue weighted by Gasteiger charge is 2.42. The summed E-state index contributed by atoms with van der Waals surface area (Å²) in [5.41, 5.74) is 11.4. The van der Waals surface area contributed by atoms with Crippen LogP contribution in [-0.2, 0) is 4.79 Å². The van der Waals surface area contributed by atoms with Crippen molar-refractivity contribution in [2.24, 2.45) is 11.7 Å². The Morgan fingerprint density at radius 1 is 1.53 bits per heavy atom. The molecule has 0 radical (unpaired) electrons. The average molecular weight is 281 g/mol. The highest BCUT2D eigenvalue weighted by atomic mass is 32.1. The summed E-state index contributed by atoms with van der Waals surface area (Å²) >= 11 is 1.17. The van der Waals surface area contributed by atoms with Crippen molar-refractivity contribution in [2.45, 2.75) is 18.9 Å². The molecule has 7 nitrogen and oxygen atoms in total. The highest BCUT2D eigenvalue weighted by molar-refractivity contribution is 7.11. The topological polar surface area (TPSA) is 114 Å². The van der Waals surface area contributed by atoms with Crippen LogP contribution in [0.15, 0.2) is 0 Å². The van der Waals surface area contributed by atoms with Crippen molar-refractivity contribution in [1.29, 1.82) is 0 Å². The van der Waals surface area contributed by atoms with E-state index in [1.807, 2.05) is 0 Å². The number of carbonyl (C=O) groups excluding carboxylic acids is 2. The fraction of sp³-hybridized carbons (Fsp3) is 0.545. The number of aromatic nitrogens is 1. The van der Waals surface area contributed by atoms with Gasteiger partial charge in [0.2, 0.25) is 5.91 Å². The number of hydrogen-bond acceptors (Lipinski definition) is 6. The number of hydrogen-bond donors (Lipinski definition) is 3. The Morgan fingerprint density at radius 3 is 3.05 bits per heavy atom. The van der Waals surface area contributed by atoms with Gasteiger partial charge >= 0.3 is 0 Å². The molecule has 1 aromatic rings. The number of piperidine rings is 1. The Hall–Kier alpha value is -1.83. The monoisotopic (exact) mass is 281 g/mol. The zero-order chi connectivity index (χ0) is 13.6. The van der Waals surface area contributed by atoms with Gasteiger partial charge in [-0.2, -0.15) is 4.37 Å². The van der Waals surface area contributed by atoms with Crippen LogP contribution in [0, 0.1) is 5.92 Å². The molecule has 0 saturated carbocycles. The molecule has 1 aromatic heterocycles. The number of fused-ring (bicyclic) bond motifs is 1. The van der Waals surface area contributed by atoms with Gasteiger partial charge in [0, 0.05) is 13.1 Å². The largest absolute Gasteiger partial charge is 0.382 e. The summed E-state index contributed by atoms with van der Waals surface area (Å²) in [7, 11) is 0. The normalized spacial score (nSPS) is 26.1. The summed E-state index contributed by atoms with van der Waals surface area (Å²) in [5, 5.41) is 3.56. The number of nitrogens with one attached hydrogen (secondary N) is 1. The van der Waals surface area contributed by atoms with Crippen molar-refractivity contribution in [2.75, 3.05) is 23.7 Å². The number of anilines is 2. The molecule has 2 saturated heterocycles. The lowest BCUT2D eigenvalue weighted by Gasteiger charge is -2.36. The quantitative estimate of drug-likeness (QED) is 0.678. The molecule has 19 heavy (non-hydrogen) atoms. The van der Waals surface area contributed by atoms with Crippen molar-refractivity contribution < 1.29 is 9.59 Å². The standard InChI is InChI=1S/C11H15N5O2S/c12-8-7(9(13)17)11(19-15-8)16-3-1-2-5-6(16)4-14-10(5)18/h5-6H,1-4H2,(H2,12,15)(H2,13,17)(H,14,18). The van der Waals surface area contributed by atoms with Crippen molar-refractivity contribution in [3.05, 3.63) is 5.56 Å². The Labute approximate surface area is 114 Å². The molecule has 5 N–H and O–H groups in total. The van der Waals surface area contributed by atoms with Crippen LogP contribution >= 0.6 is 11.5 Å². The number of nitrogen functional groups attached to an aromatic ring is 1. The summed E-state index contributed by atoms with van der Waals surface area (Å²) in [6.45, 7) is 1.39. The number of rotatable bonds is 2. The van der Waals surface area contributed by atoms with Crippen LogP contribution < -0.4 is 21.7 Å². The Morgan fingerprint density at radius 2 is 2.32 bits per heavy atom. The van der Waals surface area contributed by atoms with E-state index in [0.717, 1.165) is 19.4 Å². The minimum Gasteiger partial charge on any atom is -0.382 e. The van der Waals surface area contributed by atoms with E-state index in [0.29, 0.717) is 11.5 Å². The number of nitrogens with zero attached hydrogens (tertiary/aromatic N) is 2. The fourth-order valence-electron chi connectivity index (χ4n) is 2.92.